The summed E-state index contributed by atoms with van der Waals surface area (Å²) in [6.07, 6.45) is 3.77. The van der Waals surface area contributed by atoms with E-state index in [1.165, 1.54) is 11.3 Å². The minimum absolute atomic E-state index is 0.772. The average molecular weight is 222 g/mol. The standard InChI is InChI=1S/C13H16ClN/c1-4-8-15(9-5-2)13-7-6-12(14)10-11(13)3/h4-7,10H,1-2,8-9H2,3H3. The van der Waals surface area contributed by atoms with Crippen LogP contribution < -0.4 is 4.90 Å². The van der Waals surface area contributed by atoms with E-state index in [2.05, 4.69) is 25.0 Å². The number of aryl methyl sites for hydroxylation is 1. The van der Waals surface area contributed by atoms with Gasteiger partial charge in [-0.3, -0.25) is 0 Å². The molecule has 0 atom stereocenters. The third kappa shape index (κ3) is 3.14. The number of hydrogen-bond acceptors (Lipinski definition) is 1. The van der Waals surface area contributed by atoms with Gasteiger partial charge >= 0.3 is 0 Å². The second-order valence-electron chi connectivity index (χ2n) is 3.41. The molecule has 15 heavy (non-hydrogen) atoms. The summed E-state index contributed by atoms with van der Waals surface area (Å²) in [4.78, 5) is 2.20. The molecule has 0 heterocycles. The molecule has 0 aliphatic heterocycles. The van der Waals surface area contributed by atoms with Gasteiger partial charge in [-0.1, -0.05) is 23.8 Å². The SMILES string of the molecule is C=CCN(CC=C)c1ccc(Cl)cc1C. The molecule has 0 radical (unpaired) electrons. The molecule has 1 aromatic carbocycles. The van der Waals surface area contributed by atoms with Gasteiger partial charge in [0.25, 0.3) is 0 Å². The summed E-state index contributed by atoms with van der Waals surface area (Å²) in [7, 11) is 0. The smallest absolute Gasteiger partial charge is 0.0410 e. The summed E-state index contributed by atoms with van der Waals surface area (Å²) in [5.41, 5.74) is 2.35. The molecule has 0 fully saturated rings. The summed E-state index contributed by atoms with van der Waals surface area (Å²) in [6, 6.07) is 5.91. The van der Waals surface area contributed by atoms with Crippen LogP contribution in [0.15, 0.2) is 43.5 Å². The maximum Gasteiger partial charge on any atom is 0.0410 e. The van der Waals surface area contributed by atoms with Crippen molar-refractivity contribution in [1.82, 2.24) is 0 Å². The van der Waals surface area contributed by atoms with Gasteiger partial charge in [-0.25, -0.2) is 0 Å². The lowest BCUT2D eigenvalue weighted by atomic mass is 10.2. The van der Waals surface area contributed by atoms with Gasteiger partial charge in [0.05, 0.1) is 0 Å². The van der Waals surface area contributed by atoms with Gasteiger partial charge in [0, 0.05) is 23.8 Å². The van der Waals surface area contributed by atoms with Crippen LogP contribution in [0.3, 0.4) is 0 Å². The molecule has 0 aromatic heterocycles. The Morgan fingerprint density at radius 3 is 2.33 bits per heavy atom. The van der Waals surface area contributed by atoms with Crippen LogP contribution in [0, 0.1) is 6.92 Å². The van der Waals surface area contributed by atoms with E-state index in [0.717, 1.165) is 18.1 Å². The lowest BCUT2D eigenvalue weighted by Gasteiger charge is -2.23. The van der Waals surface area contributed by atoms with Crippen LogP contribution in [0.25, 0.3) is 0 Å². The van der Waals surface area contributed by atoms with E-state index in [-0.39, 0.29) is 0 Å². The molecule has 1 aromatic rings. The molecule has 80 valence electrons. The van der Waals surface area contributed by atoms with Crippen LogP contribution in [-0.2, 0) is 0 Å². The number of anilines is 1. The fourth-order valence-electron chi connectivity index (χ4n) is 1.56. The zero-order valence-corrected chi connectivity index (χ0v) is 9.80. The average Bonchev–Trinajstić information content (AvgIpc) is 2.17. The zero-order chi connectivity index (χ0) is 11.3. The molecule has 0 saturated carbocycles. The molecule has 0 amide bonds. The van der Waals surface area contributed by atoms with E-state index in [1.54, 1.807) is 0 Å². The first-order valence-corrected chi connectivity index (χ1v) is 5.29. The first kappa shape index (κ1) is 11.9. The Labute approximate surface area is 96.7 Å². The summed E-state index contributed by atoms with van der Waals surface area (Å²) >= 11 is 5.92. The van der Waals surface area contributed by atoms with E-state index in [9.17, 15) is 0 Å². The first-order chi connectivity index (χ1) is 7.19. The van der Waals surface area contributed by atoms with Crippen LogP contribution >= 0.6 is 11.6 Å². The van der Waals surface area contributed by atoms with E-state index < -0.39 is 0 Å². The Kier molecular flexibility index (Phi) is 4.44. The summed E-state index contributed by atoms with van der Waals surface area (Å²) < 4.78 is 0. The van der Waals surface area contributed by atoms with Crippen LogP contribution in [0.4, 0.5) is 5.69 Å². The molecule has 2 heteroatoms. The second-order valence-corrected chi connectivity index (χ2v) is 3.85. The second kappa shape index (κ2) is 5.62. The summed E-state index contributed by atoms with van der Waals surface area (Å²) in [6.45, 7) is 11.2. The maximum absolute atomic E-state index is 5.92. The van der Waals surface area contributed by atoms with Gasteiger partial charge in [-0.15, -0.1) is 13.2 Å². The topological polar surface area (TPSA) is 3.24 Å². The van der Waals surface area contributed by atoms with Crippen LogP contribution in [0.5, 0.6) is 0 Å². The van der Waals surface area contributed by atoms with Crippen molar-refractivity contribution in [2.45, 2.75) is 6.92 Å². The van der Waals surface area contributed by atoms with E-state index >= 15 is 0 Å². The summed E-state index contributed by atoms with van der Waals surface area (Å²) in [5, 5.41) is 0.772. The molecule has 0 aliphatic carbocycles. The molecule has 0 bridgehead atoms. The quantitative estimate of drug-likeness (QED) is 0.684. The highest BCUT2D eigenvalue weighted by atomic mass is 35.5. The van der Waals surface area contributed by atoms with Crippen molar-refractivity contribution in [3.8, 4) is 0 Å². The fraction of sp³-hybridized carbons (Fsp3) is 0.231. The zero-order valence-electron chi connectivity index (χ0n) is 9.04. The van der Waals surface area contributed by atoms with Crippen molar-refractivity contribution in [3.63, 3.8) is 0 Å². The first-order valence-electron chi connectivity index (χ1n) is 4.92. The predicted molar refractivity (Wildman–Crippen MR) is 68.8 cm³/mol. The van der Waals surface area contributed by atoms with Crippen LogP contribution in [0.1, 0.15) is 5.56 Å². The van der Waals surface area contributed by atoms with Crippen molar-refractivity contribution < 1.29 is 0 Å². The highest BCUT2D eigenvalue weighted by molar-refractivity contribution is 6.30. The molecule has 0 aliphatic rings. The molecule has 0 saturated heterocycles. The molecule has 1 nitrogen and oxygen atoms in total. The van der Waals surface area contributed by atoms with Crippen molar-refractivity contribution in [3.05, 3.63) is 54.1 Å². The number of halogens is 1. The molecular weight excluding hydrogens is 206 g/mol. The maximum atomic E-state index is 5.92. The Morgan fingerprint density at radius 1 is 1.27 bits per heavy atom. The fourth-order valence-corrected chi connectivity index (χ4v) is 1.78. The molecule has 0 spiro atoms. The third-order valence-electron chi connectivity index (χ3n) is 2.20. The largest absolute Gasteiger partial charge is 0.364 e. The number of hydrogen-bond donors (Lipinski definition) is 0. The van der Waals surface area contributed by atoms with E-state index in [4.69, 9.17) is 11.6 Å². The molecular formula is C13H16ClN. The van der Waals surface area contributed by atoms with Gasteiger partial charge in [0.2, 0.25) is 0 Å². The Bertz CT molecular complexity index is 348. The lowest BCUT2D eigenvalue weighted by molar-refractivity contribution is 0.950. The Balaban J connectivity index is 2.98. The molecule has 1 rings (SSSR count). The van der Waals surface area contributed by atoms with Crippen LogP contribution in [0.2, 0.25) is 5.02 Å². The number of rotatable bonds is 5. The third-order valence-corrected chi connectivity index (χ3v) is 2.43. The van der Waals surface area contributed by atoms with Gasteiger partial charge < -0.3 is 4.90 Å². The van der Waals surface area contributed by atoms with Crippen LogP contribution in [-0.4, -0.2) is 13.1 Å². The van der Waals surface area contributed by atoms with Gasteiger partial charge in [-0.2, -0.15) is 0 Å². The number of benzene rings is 1. The summed E-state index contributed by atoms with van der Waals surface area (Å²) in [5.74, 6) is 0. The minimum atomic E-state index is 0.772. The van der Waals surface area contributed by atoms with Crippen molar-refractivity contribution in [2.24, 2.45) is 0 Å². The Morgan fingerprint density at radius 2 is 1.87 bits per heavy atom. The van der Waals surface area contributed by atoms with E-state index in [1.807, 2.05) is 30.4 Å². The normalized spacial score (nSPS) is 9.73. The number of nitrogens with zero attached hydrogens (tertiary/aromatic N) is 1. The van der Waals surface area contributed by atoms with E-state index in [0.29, 0.717) is 0 Å². The van der Waals surface area contributed by atoms with Gasteiger partial charge in [-0.05, 0) is 30.7 Å². The van der Waals surface area contributed by atoms with Gasteiger partial charge in [0.15, 0.2) is 0 Å². The van der Waals surface area contributed by atoms with Crippen molar-refractivity contribution in [2.75, 3.05) is 18.0 Å². The highest BCUT2D eigenvalue weighted by Crippen LogP contribution is 2.23. The monoisotopic (exact) mass is 221 g/mol. The van der Waals surface area contributed by atoms with Crippen molar-refractivity contribution >= 4 is 17.3 Å². The van der Waals surface area contributed by atoms with Crippen molar-refractivity contribution in [1.29, 1.82) is 0 Å². The highest BCUT2D eigenvalue weighted by Gasteiger charge is 2.06. The predicted octanol–water partition coefficient (Wildman–Crippen LogP) is 3.83. The lowest BCUT2D eigenvalue weighted by Crippen LogP contribution is -2.23. The minimum Gasteiger partial charge on any atom is -0.364 e. The Hall–Kier alpha value is -1.21. The molecule has 0 N–H and O–H groups in total. The molecule has 0 unspecified atom stereocenters. The van der Waals surface area contributed by atoms with Gasteiger partial charge in [0.1, 0.15) is 0 Å².